The quantitative estimate of drug-likeness (QED) is 0.686. The van der Waals surface area contributed by atoms with Crippen LogP contribution in [0, 0.1) is 0 Å². The molecule has 0 unspecified atom stereocenters. The third-order valence-electron chi connectivity index (χ3n) is 1.98. The number of aliphatic hydroxyl groups excluding tert-OH is 1. The van der Waals surface area contributed by atoms with Gasteiger partial charge in [0, 0.05) is 6.04 Å². The number of rotatable bonds is 4. The third-order valence-corrected chi connectivity index (χ3v) is 1.98. The molecule has 70 valence electrons. The monoisotopic (exact) mass is 177 g/mol. The Morgan fingerprint density at radius 3 is 2.54 bits per heavy atom. The summed E-state index contributed by atoms with van der Waals surface area (Å²) >= 11 is 0. The molecule has 1 rings (SSSR count). The molecule has 0 spiro atoms. The Balaban J connectivity index is 2.58. The van der Waals surface area contributed by atoms with E-state index in [1.807, 2.05) is 30.3 Å². The number of hydrogen-bond acceptors (Lipinski definition) is 2. The summed E-state index contributed by atoms with van der Waals surface area (Å²) in [5.41, 5.74) is 6.54. The van der Waals surface area contributed by atoms with Gasteiger partial charge in [-0.1, -0.05) is 36.4 Å². The number of hydrogen-bond donors (Lipinski definition) is 2. The van der Waals surface area contributed by atoms with Crippen molar-refractivity contribution in [3.8, 4) is 0 Å². The minimum absolute atomic E-state index is 0.143. The van der Waals surface area contributed by atoms with Crippen LogP contribution in [0.25, 0.3) is 0 Å². The van der Waals surface area contributed by atoms with Crippen molar-refractivity contribution in [2.24, 2.45) is 5.73 Å². The lowest BCUT2D eigenvalue weighted by molar-refractivity contribution is 0.163. The Morgan fingerprint density at radius 2 is 2.00 bits per heavy atom. The van der Waals surface area contributed by atoms with E-state index in [2.05, 4.69) is 6.58 Å². The summed E-state index contributed by atoms with van der Waals surface area (Å²) in [7, 11) is 0. The summed E-state index contributed by atoms with van der Waals surface area (Å²) in [6.07, 6.45) is 1.67. The van der Waals surface area contributed by atoms with Crippen LogP contribution in [-0.4, -0.2) is 11.1 Å². The summed E-state index contributed by atoms with van der Waals surface area (Å²) in [5, 5.41) is 9.69. The van der Waals surface area contributed by atoms with E-state index in [0.717, 1.165) is 5.56 Å². The van der Waals surface area contributed by atoms with Crippen molar-refractivity contribution in [3.05, 3.63) is 48.6 Å². The average molecular weight is 177 g/mol. The van der Waals surface area contributed by atoms with Crippen LogP contribution < -0.4 is 5.73 Å². The summed E-state index contributed by atoms with van der Waals surface area (Å²) in [4.78, 5) is 0. The molecule has 0 fully saturated rings. The predicted octanol–water partition coefficient (Wildman–Crippen LogP) is 1.62. The maximum atomic E-state index is 9.69. The van der Waals surface area contributed by atoms with Crippen molar-refractivity contribution in [1.82, 2.24) is 0 Å². The van der Waals surface area contributed by atoms with Gasteiger partial charge in [-0.15, -0.1) is 6.58 Å². The van der Waals surface area contributed by atoms with Gasteiger partial charge in [-0.3, -0.25) is 0 Å². The van der Waals surface area contributed by atoms with Crippen LogP contribution in [0.5, 0.6) is 0 Å². The van der Waals surface area contributed by atoms with Gasteiger partial charge in [0.2, 0.25) is 0 Å². The summed E-state index contributed by atoms with van der Waals surface area (Å²) in [5.74, 6) is 0. The number of benzene rings is 1. The molecule has 0 aliphatic carbocycles. The molecular weight excluding hydrogens is 162 g/mol. The smallest absolute Gasteiger partial charge is 0.0807 e. The van der Waals surface area contributed by atoms with Crippen LogP contribution in [0.4, 0.5) is 0 Å². The van der Waals surface area contributed by atoms with Crippen molar-refractivity contribution < 1.29 is 5.11 Å². The van der Waals surface area contributed by atoms with Crippen molar-refractivity contribution >= 4 is 0 Å². The summed E-state index contributed by atoms with van der Waals surface area (Å²) in [6, 6.07) is 9.36. The summed E-state index contributed by atoms with van der Waals surface area (Å²) < 4.78 is 0. The Bertz CT molecular complexity index is 258. The largest absolute Gasteiger partial charge is 0.388 e. The molecule has 0 aliphatic heterocycles. The molecule has 1 aromatic carbocycles. The van der Waals surface area contributed by atoms with Crippen LogP contribution >= 0.6 is 0 Å². The molecular formula is C11H15NO. The first kappa shape index (κ1) is 9.96. The van der Waals surface area contributed by atoms with E-state index in [4.69, 9.17) is 5.73 Å². The van der Waals surface area contributed by atoms with E-state index in [1.54, 1.807) is 6.08 Å². The Kier molecular flexibility index (Phi) is 3.68. The molecule has 0 saturated carbocycles. The van der Waals surface area contributed by atoms with E-state index in [0.29, 0.717) is 6.42 Å². The van der Waals surface area contributed by atoms with Crippen molar-refractivity contribution in [3.63, 3.8) is 0 Å². The van der Waals surface area contributed by atoms with Gasteiger partial charge < -0.3 is 10.8 Å². The highest BCUT2D eigenvalue weighted by Crippen LogP contribution is 2.16. The lowest BCUT2D eigenvalue weighted by atomic mass is 10.0. The van der Waals surface area contributed by atoms with Crippen molar-refractivity contribution in [2.75, 3.05) is 0 Å². The summed E-state index contributed by atoms with van der Waals surface area (Å²) in [6.45, 7) is 3.57. The first-order valence-electron chi connectivity index (χ1n) is 4.35. The maximum Gasteiger partial charge on any atom is 0.0807 e. The molecule has 13 heavy (non-hydrogen) atoms. The second-order valence-corrected chi connectivity index (χ2v) is 3.06. The van der Waals surface area contributed by atoms with Crippen LogP contribution in [0.2, 0.25) is 0 Å². The zero-order valence-corrected chi connectivity index (χ0v) is 7.56. The molecule has 0 saturated heterocycles. The van der Waals surface area contributed by atoms with Crippen LogP contribution in [0.1, 0.15) is 18.1 Å². The van der Waals surface area contributed by atoms with Gasteiger partial charge >= 0.3 is 0 Å². The van der Waals surface area contributed by atoms with Crippen LogP contribution in [0.3, 0.4) is 0 Å². The molecule has 0 radical (unpaired) electrons. The number of aliphatic hydroxyl groups is 1. The maximum absolute atomic E-state index is 9.69. The molecule has 0 aliphatic rings. The fraction of sp³-hybridized carbons (Fsp3) is 0.273. The standard InChI is InChI=1S/C11H15NO/c1-2-10(12)8-11(13)9-6-4-3-5-7-9/h2-7,10-11,13H,1,8,12H2/t10-,11+/m1/s1. The molecule has 2 nitrogen and oxygen atoms in total. The van der Waals surface area contributed by atoms with Crippen molar-refractivity contribution in [1.29, 1.82) is 0 Å². The van der Waals surface area contributed by atoms with Gasteiger partial charge in [0.05, 0.1) is 6.10 Å². The highest BCUT2D eigenvalue weighted by atomic mass is 16.3. The molecule has 0 heterocycles. The fourth-order valence-corrected chi connectivity index (χ4v) is 1.17. The third kappa shape index (κ3) is 3.01. The van der Waals surface area contributed by atoms with E-state index >= 15 is 0 Å². The molecule has 3 N–H and O–H groups in total. The van der Waals surface area contributed by atoms with Gasteiger partial charge in [0.25, 0.3) is 0 Å². The van der Waals surface area contributed by atoms with Gasteiger partial charge in [0.1, 0.15) is 0 Å². The van der Waals surface area contributed by atoms with Gasteiger partial charge in [0.15, 0.2) is 0 Å². The fourth-order valence-electron chi connectivity index (χ4n) is 1.17. The van der Waals surface area contributed by atoms with Gasteiger partial charge in [-0.25, -0.2) is 0 Å². The van der Waals surface area contributed by atoms with Crippen LogP contribution in [0.15, 0.2) is 43.0 Å². The molecule has 0 bridgehead atoms. The predicted molar refractivity (Wildman–Crippen MR) is 54.2 cm³/mol. The zero-order chi connectivity index (χ0) is 9.68. The minimum atomic E-state index is -0.491. The topological polar surface area (TPSA) is 46.2 Å². The van der Waals surface area contributed by atoms with E-state index in [1.165, 1.54) is 0 Å². The second kappa shape index (κ2) is 4.80. The van der Waals surface area contributed by atoms with E-state index < -0.39 is 6.10 Å². The Hall–Kier alpha value is -1.12. The Labute approximate surface area is 78.7 Å². The number of nitrogens with two attached hydrogens (primary N) is 1. The second-order valence-electron chi connectivity index (χ2n) is 3.06. The van der Waals surface area contributed by atoms with E-state index in [-0.39, 0.29) is 6.04 Å². The van der Waals surface area contributed by atoms with Gasteiger partial charge in [-0.2, -0.15) is 0 Å². The normalized spacial score (nSPS) is 14.9. The lowest BCUT2D eigenvalue weighted by Gasteiger charge is -2.13. The molecule has 0 amide bonds. The first-order valence-corrected chi connectivity index (χ1v) is 4.35. The molecule has 0 aromatic heterocycles. The molecule has 2 heteroatoms. The first-order chi connectivity index (χ1) is 6.24. The average Bonchev–Trinajstić information content (AvgIpc) is 2.19. The Morgan fingerprint density at radius 1 is 1.38 bits per heavy atom. The highest BCUT2D eigenvalue weighted by molar-refractivity contribution is 5.17. The molecule has 1 aromatic rings. The lowest BCUT2D eigenvalue weighted by Crippen LogP contribution is -2.19. The highest BCUT2D eigenvalue weighted by Gasteiger charge is 2.09. The van der Waals surface area contributed by atoms with E-state index in [9.17, 15) is 5.11 Å². The van der Waals surface area contributed by atoms with Crippen LogP contribution in [-0.2, 0) is 0 Å². The minimum Gasteiger partial charge on any atom is -0.388 e. The zero-order valence-electron chi connectivity index (χ0n) is 7.56. The molecule has 2 atom stereocenters. The van der Waals surface area contributed by atoms with Crippen molar-refractivity contribution in [2.45, 2.75) is 18.6 Å². The van der Waals surface area contributed by atoms with Gasteiger partial charge in [-0.05, 0) is 12.0 Å². The SMILES string of the molecule is C=C[C@@H](N)C[C@H](O)c1ccccc1.